The summed E-state index contributed by atoms with van der Waals surface area (Å²) in [6, 6.07) is 7.62. The summed E-state index contributed by atoms with van der Waals surface area (Å²) < 4.78 is 5.41. The highest BCUT2D eigenvalue weighted by molar-refractivity contribution is 6.32. The second-order valence-corrected chi connectivity index (χ2v) is 5.37. The molecule has 0 aliphatic carbocycles. The van der Waals surface area contributed by atoms with Gasteiger partial charge < -0.3 is 4.74 Å². The Morgan fingerprint density at radius 2 is 1.77 bits per heavy atom. The van der Waals surface area contributed by atoms with Gasteiger partial charge in [-0.25, -0.2) is 4.79 Å². The van der Waals surface area contributed by atoms with Crippen LogP contribution in [0.2, 0.25) is 5.02 Å². The van der Waals surface area contributed by atoms with Crippen LogP contribution in [0.3, 0.4) is 0 Å². The average Bonchev–Trinajstić information content (AvgIpc) is 2.47. The summed E-state index contributed by atoms with van der Waals surface area (Å²) in [5.41, 5.74) is 2.43. The molecule has 22 heavy (non-hydrogen) atoms. The quantitative estimate of drug-likeness (QED) is 0.364. The Hall–Kier alpha value is -2.40. The Morgan fingerprint density at radius 1 is 1.14 bits per heavy atom. The first-order chi connectivity index (χ1) is 10.3. The van der Waals surface area contributed by atoms with Crippen LogP contribution in [-0.4, -0.2) is 10.9 Å². The second-order valence-electron chi connectivity index (χ2n) is 4.97. The van der Waals surface area contributed by atoms with Gasteiger partial charge in [0.15, 0.2) is 0 Å². The molecule has 0 radical (unpaired) electrons. The number of nitrogens with zero attached hydrogens (tertiary/aromatic N) is 1. The smallest absolute Gasteiger partial charge is 0.343 e. The fraction of sp³-hybridized carbons (Fsp3) is 0.188. The minimum absolute atomic E-state index is 0.0236. The number of hydrogen-bond donors (Lipinski definition) is 0. The van der Waals surface area contributed by atoms with E-state index in [9.17, 15) is 14.9 Å². The van der Waals surface area contributed by atoms with Crippen LogP contribution in [-0.2, 0) is 0 Å². The van der Waals surface area contributed by atoms with E-state index in [1.165, 1.54) is 12.1 Å². The summed E-state index contributed by atoms with van der Waals surface area (Å²) in [6.45, 7) is 5.61. The first kappa shape index (κ1) is 16.0. The van der Waals surface area contributed by atoms with Crippen molar-refractivity contribution in [1.29, 1.82) is 0 Å². The number of hydrogen-bond acceptors (Lipinski definition) is 4. The van der Waals surface area contributed by atoms with Crippen molar-refractivity contribution in [3.05, 3.63) is 67.7 Å². The third-order valence-corrected chi connectivity index (χ3v) is 3.77. The zero-order valence-corrected chi connectivity index (χ0v) is 13.1. The fourth-order valence-electron chi connectivity index (χ4n) is 2.01. The Morgan fingerprint density at radius 3 is 2.41 bits per heavy atom. The minimum atomic E-state index is -0.656. The molecule has 0 N–H and O–H groups in total. The van der Waals surface area contributed by atoms with Crippen LogP contribution in [0.1, 0.15) is 27.0 Å². The van der Waals surface area contributed by atoms with Gasteiger partial charge in [-0.3, -0.25) is 10.1 Å². The van der Waals surface area contributed by atoms with Crippen LogP contribution < -0.4 is 4.74 Å². The van der Waals surface area contributed by atoms with Crippen molar-refractivity contribution in [3.8, 4) is 5.75 Å². The highest BCUT2D eigenvalue weighted by Crippen LogP contribution is 2.28. The first-order valence-corrected chi connectivity index (χ1v) is 6.92. The normalized spacial score (nSPS) is 10.4. The largest absolute Gasteiger partial charge is 0.422 e. The van der Waals surface area contributed by atoms with Crippen molar-refractivity contribution >= 4 is 23.3 Å². The van der Waals surface area contributed by atoms with E-state index in [1.54, 1.807) is 0 Å². The molecule has 0 aliphatic heterocycles. The summed E-state index contributed by atoms with van der Waals surface area (Å²) in [5.74, 6) is -0.181. The molecule has 114 valence electrons. The SMILES string of the molecule is Cc1ccc(C)c(OC(=O)c2ccc(Cl)c([N+](=O)[O-])c2)c1C. The monoisotopic (exact) mass is 319 g/mol. The predicted octanol–water partition coefficient (Wildman–Crippen LogP) is 4.39. The van der Waals surface area contributed by atoms with Gasteiger partial charge in [0.05, 0.1) is 10.5 Å². The fourth-order valence-corrected chi connectivity index (χ4v) is 2.20. The maximum atomic E-state index is 12.2. The number of aryl methyl sites for hydroxylation is 2. The lowest BCUT2D eigenvalue weighted by molar-refractivity contribution is -0.384. The number of rotatable bonds is 3. The van der Waals surface area contributed by atoms with Crippen molar-refractivity contribution in [2.75, 3.05) is 0 Å². The lowest BCUT2D eigenvalue weighted by Gasteiger charge is -2.12. The third-order valence-electron chi connectivity index (χ3n) is 3.45. The minimum Gasteiger partial charge on any atom is -0.422 e. The second kappa shape index (κ2) is 6.15. The molecular weight excluding hydrogens is 306 g/mol. The van der Waals surface area contributed by atoms with E-state index in [0.29, 0.717) is 5.75 Å². The molecule has 2 aromatic carbocycles. The maximum absolute atomic E-state index is 12.2. The topological polar surface area (TPSA) is 69.4 Å². The van der Waals surface area contributed by atoms with E-state index >= 15 is 0 Å². The van der Waals surface area contributed by atoms with Crippen molar-refractivity contribution in [2.45, 2.75) is 20.8 Å². The molecule has 2 rings (SSSR count). The summed E-state index contributed by atoms with van der Waals surface area (Å²) >= 11 is 5.73. The highest BCUT2D eigenvalue weighted by atomic mass is 35.5. The highest BCUT2D eigenvalue weighted by Gasteiger charge is 2.19. The Kier molecular flexibility index (Phi) is 4.47. The van der Waals surface area contributed by atoms with Crippen molar-refractivity contribution in [2.24, 2.45) is 0 Å². The van der Waals surface area contributed by atoms with Gasteiger partial charge in [0.2, 0.25) is 0 Å². The zero-order valence-electron chi connectivity index (χ0n) is 12.3. The van der Waals surface area contributed by atoms with E-state index in [2.05, 4.69) is 0 Å². The van der Waals surface area contributed by atoms with Gasteiger partial charge in [-0.1, -0.05) is 23.7 Å². The molecular formula is C16H14ClNO4. The number of ether oxygens (including phenoxy) is 1. The number of carbonyl (C=O) groups excluding carboxylic acids is 1. The van der Waals surface area contributed by atoms with E-state index in [-0.39, 0.29) is 16.3 Å². The number of carbonyl (C=O) groups is 1. The molecule has 0 unspecified atom stereocenters. The van der Waals surface area contributed by atoms with Gasteiger partial charge in [-0.05, 0) is 49.6 Å². The van der Waals surface area contributed by atoms with E-state index in [0.717, 1.165) is 22.8 Å². The van der Waals surface area contributed by atoms with Crippen LogP contribution in [0, 0.1) is 30.9 Å². The molecule has 0 atom stereocenters. The molecule has 2 aromatic rings. The van der Waals surface area contributed by atoms with Crippen LogP contribution in [0.4, 0.5) is 5.69 Å². The first-order valence-electron chi connectivity index (χ1n) is 6.54. The van der Waals surface area contributed by atoms with Crippen LogP contribution >= 0.6 is 11.6 Å². The summed E-state index contributed by atoms with van der Waals surface area (Å²) in [5, 5.41) is 10.9. The molecule has 0 amide bonds. The lowest BCUT2D eigenvalue weighted by atomic mass is 10.1. The van der Waals surface area contributed by atoms with E-state index in [4.69, 9.17) is 16.3 Å². The average molecular weight is 320 g/mol. The number of esters is 1. The van der Waals surface area contributed by atoms with Crippen molar-refractivity contribution < 1.29 is 14.5 Å². The number of nitro groups is 1. The van der Waals surface area contributed by atoms with Gasteiger partial charge in [0, 0.05) is 6.07 Å². The molecule has 5 nitrogen and oxygen atoms in total. The molecule has 6 heteroatoms. The van der Waals surface area contributed by atoms with Gasteiger partial charge in [0.25, 0.3) is 5.69 Å². The van der Waals surface area contributed by atoms with Crippen LogP contribution in [0.5, 0.6) is 5.75 Å². The summed E-state index contributed by atoms with van der Waals surface area (Å²) in [6.07, 6.45) is 0. The standard InChI is InChI=1S/C16H14ClNO4/c1-9-4-5-10(2)15(11(9)3)22-16(19)12-6-7-13(17)14(8-12)18(20)21/h4-8H,1-3H3. The van der Waals surface area contributed by atoms with E-state index in [1.807, 2.05) is 32.9 Å². The molecule has 0 aromatic heterocycles. The molecule has 0 bridgehead atoms. The number of benzene rings is 2. The number of halogens is 1. The molecule has 0 aliphatic rings. The molecule has 0 spiro atoms. The van der Waals surface area contributed by atoms with Crippen molar-refractivity contribution in [3.63, 3.8) is 0 Å². The summed E-state index contributed by atoms with van der Waals surface area (Å²) in [4.78, 5) is 22.5. The van der Waals surface area contributed by atoms with E-state index < -0.39 is 10.9 Å². The van der Waals surface area contributed by atoms with Gasteiger partial charge in [-0.15, -0.1) is 0 Å². The van der Waals surface area contributed by atoms with Gasteiger partial charge in [-0.2, -0.15) is 0 Å². The van der Waals surface area contributed by atoms with Crippen LogP contribution in [0.15, 0.2) is 30.3 Å². The Balaban J connectivity index is 2.37. The maximum Gasteiger partial charge on any atom is 0.343 e. The molecule has 0 saturated heterocycles. The Labute approximate surface area is 132 Å². The number of nitro benzene ring substituents is 1. The molecule has 0 heterocycles. The van der Waals surface area contributed by atoms with Gasteiger partial charge >= 0.3 is 5.97 Å². The van der Waals surface area contributed by atoms with Crippen LogP contribution in [0.25, 0.3) is 0 Å². The lowest BCUT2D eigenvalue weighted by Crippen LogP contribution is -2.11. The third kappa shape index (κ3) is 3.09. The zero-order chi connectivity index (χ0) is 16.4. The molecule has 0 saturated carbocycles. The molecule has 0 fully saturated rings. The van der Waals surface area contributed by atoms with Gasteiger partial charge in [0.1, 0.15) is 10.8 Å². The summed E-state index contributed by atoms with van der Waals surface area (Å²) in [7, 11) is 0. The Bertz CT molecular complexity index is 771. The van der Waals surface area contributed by atoms with Crippen molar-refractivity contribution in [1.82, 2.24) is 0 Å². The predicted molar refractivity (Wildman–Crippen MR) is 83.7 cm³/mol.